The van der Waals surface area contributed by atoms with Gasteiger partial charge in [-0.25, -0.2) is 21.6 Å². The van der Waals surface area contributed by atoms with Crippen LogP contribution in [0.1, 0.15) is 30.5 Å². The van der Waals surface area contributed by atoms with E-state index in [1.54, 1.807) is 19.1 Å². The highest BCUT2D eigenvalue weighted by Crippen LogP contribution is 2.25. The van der Waals surface area contributed by atoms with Crippen molar-refractivity contribution in [2.75, 3.05) is 38.5 Å². The zero-order valence-corrected chi connectivity index (χ0v) is 20.8. The average molecular weight is 507 g/mol. The Bertz CT molecular complexity index is 1200. The summed E-state index contributed by atoms with van der Waals surface area (Å²) in [4.78, 5) is 15.2. The number of carbonyl (C=O) groups excluding carboxylic acids is 1. The number of sulfonamides is 1. The Kier molecular flexibility index (Phi) is 8.69. The number of Topliss-reactive ketones (excluding diaryl/α,β-unsaturated/α-hetero) is 1. The van der Waals surface area contributed by atoms with E-state index < -0.39 is 27.4 Å². The van der Waals surface area contributed by atoms with E-state index in [9.17, 15) is 26.4 Å². The van der Waals surface area contributed by atoms with Gasteiger partial charge in [-0.05, 0) is 73.1 Å². The number of hydrogen-bond acceptors (Lipinski definition) is 4. The Balaban J connectivity index is 2.00. The Morgan fingerprint density at radius 3 is 1.94 bits per heavy atom. The number of halogens is 3. The molecular formula is C26H29F3N2O3S. The Labute approximate surface area is 204 Å². The highest BCUT2D eigenvalue weighted by molar-refractivity contribution is 7.89. The van der Waals surface area contributed by atoms with Gasteiger partial charge in [-0.2, -0.15) is 4.31 Å². The topological polar surface area (TPSA) is 57.7 Å². The molecule has 1 heterocycles. The van der Waals surface area contributed by atoms with Crippen molar-refractivity contribution in [2.24, 2.45) is 0 Å². The van der Waals surface area contributed by atoms with Gasteiger partial charge in [-0.1, -0.05) is 26.0 Å². The molecule has 0 unspecified atom stereocenters. The maximum absolute atomic E-state index is 13.7. The molecule has 1 aliphatic heterocycles. The Hall–Kier alpha value is -2.75. The van der Waals surface area contributed by atoms with Gasteiger partial charge < -0.3 is 4.90 Å². The third-order valence-corrected chi connectivity index (χ3v) is 7.78. The second-order valence-electron chi connectivity index (χ2n) is 8.46. The number of hydrogen-bond donors (Lipinski definition) is 0. The first-order valence-electron chi connectivity index (χ1n) is 11.4. The number of rotatable bonds is 8. The summed E-state index contributed by atoms with van der Waals surface area (Å²) in [5.41, 5.74) is 1.54. The molecule has 0 spiro atoms. The summed E-state index contributed by atoms with van der Waals surface area (Å²) in [7, 11) is -3.74. The van der Waals surface area contributed by atoms with Crippen molar-refractivity contribution in [3.05, 3.63) is 81.7 Å². The van der Waals surface area contributed by atoms with E-state index in [-0.39, 0.29) is 41.4 Å². The normalized spacial score (nSPS) is 17.6. The molecule has 188 valence electrons. The van der Waals surface area contributed by atoms with Crippen LogP contribution in [0.5, 0.6) is 0 Å². The van der Waals surface area contributed by atoms with Gasteiger partial charge in [0.05, 0.1) is 5.75 Å². The van der Waals surface area contributed by atoms with Crippen molar-refractivity contribution in [3.8, 4) is 0 Å². The first kappa shape index (κ1) is 26.8. The van der Waals surface area contributed by atoms with Crippen molar-refractivity contribution < 1.29 is 26.4 Å². The molecule has 0 saturated carbocycles. The van der Waals surface area contributed by atoms with Gasteiger partial charge in [0.25, 0.3) is 0 Å². The molecule has 2 aromatic rings. The standard InChI is InChI=1S/C26H29F3N2O3S/c1-4-30(5-2)10-11-35(33,34)31-16-21(13-19-6-8-23(27)18(3)12-19)26(32)22(17-31)14-20-7-9-24(28)25(29)15-20/h6-9,12-15H,4-5,10-11,16-17H2,1-3H3/b21-13+,22-14+. The van der Waals surface area contributed by atoms with E-state index in [1.807, 2.05) is 18.7 Å². The molecule has 0 radical (unpaired) electrons. The SMILES string of the molecule is CCN(CC)CCS(=O)(=O)N1C/C(=C\c2ccc(F)c(C)c2)C(=O)/C(=C/c2ccc(F)c(F)c2)C1. The van der Waals surface area contributed by atoms with Crippen LogP contribution in [0.2, 0.25) is 0 Å². The highest BCUT2D eigenvalue weighted by Gasteiger charge is 2.33. The van der Waals surface area contributed by atoms with Crippen LogP contribution in [0.4, 0.5) is 13.2 Å². The molecule has 9 heteroatoms. The fraction of sp³-hybridized carbons (Fsp3) is 0.346. The molecule has 3 rings (SSSR count). The minimum absolute atomic E-state index is 0.121. The lowest BCUT2D eigenvalue weighted by molar-refractivity contribution is -0.113. The van der Waals surface area contributed by atoms with E-state index in [1.165, 1.54) is 28.6 Å². The van der Waals surface area contributed by atoms with E-state index in [4.69, 9.17) is 0 Å². The fourth-order valence-electron chi connectivity index (χ4n) is 3.88. The van der Waals surface area contributed by atoms with Gasteiger partial charge in [0.15, 0.2) is 17.4 Å². The fourth-order valence-corrected chi connectivity index (χ4v) is 5.30. The third-order valence-electron chi connectivity index (χ3n) is 6.04. The lowest BCUT2D eigenvalue weighted by Crippen LogP contribution is -2.44. The van der Waals surface area contributed by atoms with Gasteiger partial charge in [0.1, 0.15) is 5.82 Å². The van der Waals surface area contributed by atoms with Crippen LogP contribution in [0, 0.1) is 24.4 Å². The first-order valence-corrected chi connectivity index (χ1v) is 13.0. The Morgan fingerprint density at radius 1 is 0.886 bits per heavy atom. The van der Waals surface area contributed by atoms with Gasteiger partial charge in [-0.3, -0.25) is 4.79 Å². The van der Waals surface area contributed by atoms with Gasteiger partial charge >= 0.3 is 0 Å². The number of benzene rings is 2. The maximum Gasteiger partial charge on any atom is 0.215 e. The van der Waals surface area contributed by atoms with E-state index in [0.29, 0.717) is 30.8 Å². The highest BCUT2D eigenvalue weighted by atomic mass is 32.2. The lowest BCUT2D eigenvalue weighted by Gasteiger charge is -2.30. The number of ketones is 1. The monoisotopic (exact) mass is 506 g/mol. The zero-order chi connectivity index (χ0) is 25.8. The largest absolute Gasteiger partial charge is 0.303 e. The molecule has 0 aromatic heterocycles. The van der Waals surface area contributed by atoms with Crippen LogP contribution in [-0.4, -0.2) is 61.9 Å². The summed E-state index contributed by atoms with van der Waals surface area (Å²) >= 11 is 0. The van der Waals surface area contributed by atoms with Crippen LogP contribution in [-0.2, 0) is 14.8 Å². The summed E-state index contributed by atoms with van der Waals surface area (Å²) in [6.07, 6.45) is 2.92. The van der Waals surface area contributed by atoms with Gasteiger partial charge in [-0.15, -0.1) is 0 Å². The first-order chi connectivity index (χ1) is 16.5. The molecule has 0 N–H and O–H groups in total. The third kappa shape index (κ3) is 6.68. The molecule has 0 bridgehead atoms. The summed E-state index contributed by atoms with van der Waals surface area (Å²) in [5.74, 6) is -2.99. The smallest absolute Gasteiger partial charge is 0.215 e. The second kappa shape index (κ2) is 11.3. The maximum atomic E-state index is 13.7. The van der Waals surface area contributed by atoms with Crippen molar-refractivity contribution in [2.45, 2.75) is 20.8 Å². The van der Waals surface area contributed by atoms with Crippen LogP contribution in [0.25, 0.3) is 12.2 Å². The van der Waals surface area contributed by atoms with E-state index in [2.05, 4.69) is 0 Å². The molecule has 5 nitrogen and oxygen atoms in total. The minimum atomic E-state index is -3.74. The molecule has 1 aliphatic rings. The molecule has 35 heavy (non-hydrogen) atoms. The number of nitrogens with zero attached hydrogens (tertiary/aromatic N) is 2. The predicted molar refractivity (Wildman–Crippen MR) is 132 cm³/mol. The molecule has 1 fully saturated rings. The van der Waals surface area contributed by atoms with Gasteiger partial charge in [0.2, 0.25) is 10.0 Å². The average Bonchev–Trinajstić information content (AvgIpc) is 2.81. The molecule has 1 saturated heterocycles. The van der Waals surface area contributed by atoms with Crippen LogP contribution >= 0.6 is 0 Å². The van der Waals surface area contributed by atoms with E-state index >= 15 is 0 Å². The van der Waals surface area contributed by atoms with Gasteiger partial charge in [0, 0.05) is 30.8 Å². The lowest BCUT2D eigenvalue weighted by atomic mass is 9.95. The molecule has 0 amide bonds. The molecule has 0 aliphatic carbocycles. The summed E-state index contributed by atoms with van der Waals surface area (Å²) in [5, 5.41) is 0. The number of aryl methyl sites for hydroxylation is 1. The Morgan fingerprint density at radius 2 is 1.43 bits per heavy atom. The second-order valence-corrected chi connectivity index (χ2v) is 10.5. The van der Waals surface area contributed by atoms with Crippen molar-refractivity contribution >= 4 is 28.0 Å². The zero-order valence-electron chi connectivity index (χ0n) is 20.0. The van der Waals surface area contributed by atoms with E-state index in [0.717, 1.165) is 12.1 Å². The molecular weight excluding hydrogens is 477 g/mol. The summed E-state index contributed by atoms with van der Waals surface area (Å²) in [6.45, 7) is 6.94. The van der Waals surface area contributed by atoms with Crippen molar-refractivity contribution in [1.29, 1.82) is 0 Å². The quantitative estimate of drug-likeness (QED) is 0.497. The minimum Gasteiger partial charge on any atom is -0.303 e. The predicted octanol–water partition coefficient (Wildman–Crippen LogP) is 4.44. The summed E-state index contributed by atoms with van der Waals surface area (Å²) < 4.78 is 68.4. The van der Waals surface area contributed by atoms with Crippen LogP contribution < -0.4 is 0 Å². The summed E-state index contributed by atoms with van der Waals surface area (Å²) in [6, 6.07) is 7.59. The number of piperidine rings is 1. The molecule has 2 aromatic carbocycles. The van der Waals surface area contributed by atoms with Crippen LogP contribution in [0.3, 0.4) is 0 Å². The number of carbonyl (C=O) groups is 1. The van der Waals surface area contributed by atoms with Crippen molar-refractivity contribution in [3.63, 3.8) is 0 Å². The van der Waals surface area contributed by atoms with Crippen LogP contribution in [0.15, 0.2) is 47.5 Å². The van der Waals surface area contributed by atoms with Crippen molar-refractivity contribution in [1.82, 2.24) is 9.21 Å². The molecule has 0 atom stereocenters.